The summed E-state index contributed by atoms with van der Waals surface area (Å²) in [5.41, 5.74) is 1.01. The van der Waals surface area contributed by atoms with Gasteiger partial charge in [-0.15, -0.1) is 0 Å². The number of hydrogen-bond acceptors (Lipinski definition) is 4. The zero-order valence-electron chi connectivity index (χ0n) is 10.2. The standard InChI is InChI=1S/C13H17FO4/c1-16-13-12(15)11(14)10(18-13)8-17-7-9-5-3-2-4-6-9/h2-6,10-13,15H,7-8H2,1H3/t10-,11+,12-,13+/m1/s1. The van der Waals surface area contributed by atoms with Gasteiger partial charge >= 0.3 is 0 Å². The van der Waals surface area contributed by atoms with E-state index in [-0.39, 0.29) is 6.61 Å². The molecule has 1 fully saturated rings. The Bertz CT molecular complexity index is 359. The Hall–Kier alpha value is -1.01. The predicted molar refractivity (Wildman–Crippen MR) is 62.7 cm³/mol. The second kappa shape index (κ2) is 6.24. The molecule has 2 rings (SSSR count). The Morgan fingerprint density at radius 3 is 2.67 bits per heavy atom. The van der Waals surface area contributed by atoms with Crippen molar-refractivity contribution in [3.05, 3.63) is 35.9 Å². The summed E-state index contributed by atoms with van der Waals surface area (Å²) in [6.45, 7) is 0.480. The molecule has 4 nitrogen and oxygen atoms in total. The average Bonchev–Trinajstić information content (AvgIpc) is 2.68. The second-order valence-electron chi connectivity index (χ2n) is 4.21. The van der Waals surface area contributed by atoms with Crippen molar-refractivity contribution in [1.29, 1.82) is 0 Å². The summed E-state index contributed by atoms with van der Waals surface area (Å²) in [6.07, 6.45) is -4.43. The number of rotatable bonds is 5. The van der Waals surface area contributed by atoms with Gasteiger partial charge in [-0.25, -0.2) is 4.39 Å². The largest absolute Gasteiger partial charge is 0.385 e. The minimum atomic E-state index is -1.48. The van der Waals surface area contributed by atoms with Gasteiger partial charge in [0.05, 0.1) is 13.2 Å². The Morgan fingerprint density at radius 1 is 1.33 bits per heavy atom. The molecular weight excluding hydrogens is 239 g/mol. The van der Waals surface area contributed by atoms with E-state index < -0.39 is 24.7 Å². The van der Waals surface area contributed by atoms with E-state index in [1.807, 2.05) is 30.3 Å². The summed E-state index contributed by atoms with van der Waals surface area (Å²) in [4.78, 5) is 0. The number of aliphatic hydroxyl groups excluding tert-OH is 1. The van der Waals surface area contributed by atoms with E-state index in [9.17, 15) is 9.50 Å². The molecule has 0 aliphatic carbocycles. The van der Waals surface area contributed by atoms with Crippen molar-refractivity contribution in [1.82, 2.24) is 0 Å². The van der Waals surface area contributed by atoms with Crippen LogP contribution in [0.5, 0.6) is 0 Å². The molecular formula is C13H17FO4. The summed E-state index contributed by atoms with van der Waals surface area (Å²) in [5, 5.41) is 9.46. The molecule has 5 heteroatoms. The van der Waals surface area contributed by atoms with Gasteiger partial charge in [0.2, 0.25) is 0 Å². The van der Waals surface area contributed by atoms with Crippen LogP contribution in [0.25, 0.3) is 0 Å². The number of aliphatic hydroxyl groups is 1. The SMILES string of the molecule is CO[C@H]1O[C@H](COCc2ccccc2)[C@H](F)[C@H]1O. The number of halogens is 1. The Kier molecular flexibility index (Phi) is 4.66. The lowest BCUT2D eigenvalue weighted by atomic mass is 10.2. The van der Waals surface area contributed by atoms with Crippen LogP contribution in [0.4, 0.5) is 4.39 Å². The summed E-state index contributed by atoms with van der Waals surface area (Å²) >= 11 is 0. The number of alkyl halides is 1. The van der Waals surface area contributed by atoms with Crippen molar-refractivity contribution < 1.29 is 23.7 Å². The summed E-state index contributed by atoms with van der Waals surface area (Å²) < 4.78 is 29.0. The van der Waals surface area contributed by atoms with Crippen LogP contribution in [-0.4, -0.2) is 43.5 Å². The molecule has 0 spiro atoms. The summed E-state index contributed by atoms with van der Waals surface area (Å²) in [7, 11) is 1.37. The van der Waals surface area contributed by atoms with Gasteiger partial charge in [-0.1, -0.05) is 30.3 Å². The number of ether oxygens (including phenoxy) is 3. The number of methoxy groups -OCH3 is 1. The molecule has 0 saturated carbocycles. The van der Waals surface area contributed by atoms with Gasteiger partial charge in [0, 0.05) is 7.11 Å². The monoisotopic (exact) mass is 256 g/mol. The molecule has 4 atom stereocenters. The lowest BCUT2D eigenvalue weighted by molar-refractivity contribution is -0.156. The molecule has 1 aliphatic heterocycles. The first-order valence-corrected chi connectivity index (χ1v) is 5.84. The van der Waals surface area contributed by atoms with Crippen molar-refractivity contribution in [2.45, 2.75) is 31.3 Å². The molecule has 0 bridgehead atoms. The summed E-state index contributed by atoms with van der Waals surface area (Å²) in [6, 6.07) is 9.59. The minimum absolute atomic E-state index is 0.0903. The molecule has 0 aromatic heterocycles. The molecule has 1 saturated heterocycles. The van der Waals surface area contributed by atoms with Gasteiger partial charge in [-0.2, -0.15) is 0 Å². The van der Waals surface area contributed by atoms with Crippen molar-refractivity contribution in [2.24, 2.45) is 0 Å². The van der Waals surface area contributed by atoms with E-state index in [2.05, 4.69) is 0 Å². The van der Waals surface area contributed by atoms with Crippen molar-refractivity contribution in [3.63, 3.8) is 0 Å². The quantitative estimate of drug-likeness (QED) is 0.862. The predicted octanol–water partition coefficient (Wildman–Crippen LogP) is 1.27. The molecule has 1 aromatic rings. The molecule has 18 heavy (non-hydrogen) atoms. The van der Waals surface area contributed by atoms with Crippen molar-refractivity contribution in [2.75, 3.05) is 13.7 Å². The molecule has 1 aromatic carbocycles. The van der Waals surface area contributed by atoms with Crippen LogP contribution in [0.1, 0.15) is 5.56 Å². The fourth-order valence-corrected chi connectivity index (χ4v) is 1.89. The maximum atomic E-state index is 13.6. The lowest BCUT2D eigenvalue weighted by Gasteiger charge is -2.13. The second-order valence-corrected chi connectivity index (χ2v) is 4.21. The first-order chi connectivity index (χ1) is 8.72. The van der Waals surface area contributed by atoms with Crippen LogP contribution >= 0.6 is 0 Å². The number of hydrogen-bond donors (Lipinski definition) is 1. The van der Waals surface area contributed by atoms with Crippen LogP contribution < -0.4 is 0 Å². The first kappa shape index (κ1) is 13.4. The van der Waals surface area contributed by atoms with Crippen molar-refractivity contribution in [3.8, 4) is 0 Å². The Balaban J connectivity index is 1.77. The van der Waals surface area contributed by atoms with Crippen LogP contribution in [0.2, 0.25) is 0 Å². The average molecular weight is 256 g/mol. The maximum Gasteiger partial charge on any atom is 0.186 e. The Labute approximate surface area is 105 Å². The first-order valence-electron chi connectivity index (χ1n) is 5.84. The zero-order chi connectivity index (χ0) is 13.0. The highest BCUT2D eigenvalue weighted by molar-refractivity contribution is 5.13. The van der Waals surface area contributed by atoms with Crippen LogP contribution in [0.15, 0.2) is 30.3 Å². The van der Waals surface area contributed by atoms with Gasteiger partial charge in [0.15, 0.2) is 12.5 Å². The normalized spacial score (nSPS) is 31.7. The highest BCUT2D eigenvalue weighted by Crippen LogP contribution is 2.24. The third kappa shape index (κ3) is 3.05. The van der Waals surface area contributed by atoms with Crippen LogP contribution in [0, 0.1) is 0 Å². The maximum absolute atomic E-state index is 13.6. The van der Waals surface area contributed by atoms with E-state index in [1.54, 1.807) is 0 Å². The van der Waals surface area contributed by atoms with E-state index in [0.29, 0.717) is 6.61 Å². The van der Waals surface area contributed by atoms with Gasteiger partial charge < -0.3 is 19.3 Å². The molecule has 100 valence electrons. The molecule has 0 unspecified atom stereocenters. The van der Waals surface area contributed by atoms with E-state index in [4.69, 9.17) is 14.2 Å². The molecule has 1 aliphatic rings. The fourth-order valence-electron chi connectivity index (χ4n) is 1.89. The minimum Gasteiger partial charge on any atom is -0.385 e. The third-order valence-electron chi connectivity index (χ3n) is 2.90. The molecule has 0 amide bonds. The Morgan fingerprint density at radius 2 is 2.06 bits per heavy atom. The smallest absolute Gasteiger partial charge is 0.186 e. The van der Waals surface area contributed by atoms with Gasteiger partial charge in [-0.05, 0) is 5.56 Å². The summed E-state index contributed by atoms with van der Waals surface area (Å²) in [5.74, 6) is 0. The van der Waals surface area contributed by atoms with Gasteiger partial charge in [0.25, 0.3) is 0 Å². The molecule has 1 N–H and O–H groups in total. The topological polar surface area (TPSA) is 47.9 Å². The van der Waals surface area contributed by atoms with Crippen molar-refractivity contribution >= 4 is 0 Å². The van der Waals surface area contributed by atoms with Gasteiger partial charge in [0.1, 0.15) is 12.2 Å². The van der Waals surface area contributed by atoms with Crippen LogP contribution in [0.3, 0.4) is 0 Å². The highest BCUT2D eigenvalue weighted by Gasteiger charge is 2.44. The highest BCUT2D eigenvalue weighted by atomic mass is 19.1. The third-order valence-corrected chi connectivity index (χ3v) is 2.90. The van der Waals surface area contributed by atoms with Gasteiger partial charge in [-0.3, -0.25) is 0 Å². The lowest BCUT2D eigenvalue weighted by Crippen LogP contribution is -2.31. The zero-order valence-corrected chi connectivity index (χ0v) is 10.2. The van der Waals surface area contributed by atoms with E-state index in [0.717, 1.165) is 5.56 Å². The van der Waals surface area contributed by atoms with E-state index >= 15 is 0 Å². The number of benzene rings is 1. The molecule has 1 heterocycles. The van der Waals surface area contributed by atoms with E-state index in [1.165, 1.54) is 7.11 Å². The fraction of sp³-hybridized carbons (Fsp3) is 0.538. The molecule has 0 radical (unpaired) electrons. The van der Waals surface area contributed by atoms with Crippen LogP contribution in [-0.2, 0) is 20.8 Å².